The minimum Gasteiger partial charge on any atom is -0.289 e. The van der Waals surface area contributed by atoms with Gasteiger partial charge in [-0.25, -0.2) is 0 Å². The van der Waals surface area contributed by atoms with Gasteiger partial charge in [0.1, 0.15) is 0 Å². The van der Waals surface area contributed by atoms with E-state index in [1.54, 1.807) is 0 Å². The molecule has 2 radical (unpaired) electrons. The second-order valence-corrected chi connectivity index (χ2v) is 4.16. The summed E-state index contributed by atoms with van der Waals surface area (Å²) in [6, 6.07) is 4.03. The molecule has 0 saturated carbocycles. The van der Waals surface area contributed by atoms with Crippen molar-refractivity contribution in [3.8, 4) is 5.75 Å². The maximum absolute atomic E-state index is 11.8. The van der Waals surface area contributed by atoms with Crippen LogP contribution in [0.4, 0.5) is 0 Å². The molecule has 0 atom stereocenters. The molecule has 0 heterocycles. The Morgan fingerprint density at radius 2 is 1.87 bits per heavy atom. The van der Waals surface area contributed by atoms with Crippen LogP contribution in [0.5, 0.6) is 5.75 Å². The zero-order valence-electron chi connectivity index (χ0n) is 9.81. The monoisotopic (exact) mass is 204 g/mol. The normalized spacial score (nSPS) is 10.6. The average molecular weight is 204 g/mol. The second kappa shape index (κ2) is 5.79. The van der Waals surface area contributed by atoms with E-state index < -0.39 is 0 Å². The Labute approximate surface area is 93.1 Å². The van der Waals surface area contributed by atoms with Crippen molar-refractivity contribution in [2.75, 3.05) is 0 Å². The molecule has 0 unspecified atom stereocenters. The molecule has 0 spiro atoms. The van der Waals surface area contributed by atoms with Crippen LogP contribution in [-0.2, 0) is 11.5 Å². The van der Waals surface area contributed by atoms with Gasteiger partial charge in [-0.3, -0.25) is 5.11 Å². The van der Waals surface area contributed by atoms with Crippen LogP contribution in [-0.4, -0.2) is 0 Å². The lowest BCUT2D eigenvalue weighted by Gasteiger charge is -2.07. The minimum absolute atomic E-state index is 0.240. The van der Waals surface area contributed by atoms with Gasteiger partial charge in [0.05, 0.1) is 0 Å². The molecule has 1 aromatic carbocycles. The Morgan fingerprint density at radius 1 is 1.13 bits per heavy atom. The zero-order chi connectivity index (χ0) is 11.3. The summed E-state index contributed by atoms with van der Waals surface area (Å²) in [5.74, 6) is 0.240. The molecule has 15 heavy (non-hydrogen) atoms. The Morgan fingerprint density at radius 3 is 2.53 bits per heavy atom. The Bertz CT molecular complexity index is 315. The molecule has 1 heteroatoms. The van der Waals surface area contributed by atoms with E-state index in [4.69, 9.17) is 0 Å². The van der Waals surface area contributed by atoms with E-state index in [2.05, 4.69) is 6.92 Å². The van der Waals surface area contributed by atoms with Gasteiger partial charge in [0.2, 0.25) is 0 Å². The van der Waals surface area contributed by atoms with Crippen LogP contribution < -0.4 is 0 Å². The maximum atomic E-state index is 11.8. The van der Waals surface area contributed by atoms with Gasteiger partial charge in [-0.05, 0) is 43.4 Å². The Balaban J connectivity index is 2.58. The van der Waals surface area contributed by atoms with Crippen LogP contribution in [0.15, 0.2) is 12.1 Å². The molecule has 1 aromatic rings. The molecular formula is C14H20O. The first kappa shape index (κ1) is 12.1. The molecular weight excluding hydrogens is 184 g/mol. The zero-order valence-corrected chi connectivity index (χ0v) is 9.81. The number of unbranched alkanes of at least 4 members (excludes halogenated alkanes) is 3. The fourth-order valence-electron chi connectivity index (χ4n) is 1.71. The summed E-state index contributed by atoms with van der Waals surface area (Å²) < 4.78 is 0. The van der Waals surface area contributed by atoms with Crippen LogP contribution in [0.2, 0.25) is 0 Å². The molecule has 0 aliphatic heterocycles. The van der Waals surface area contributed by atoms with Crippen LogP contribution in [0.3, 0.4) is 0 Å². The molecule has 0 amide bonds. The van der Waals surface area contributed by atoms with Gasteiger partial charge in [0, 0.05) is 0 Å². The third-order valence-corrected chi connectivity index (χ3v) is 2.95. The van der Waals surface area contributed by atoms with E-state index >= 15 is 0 Å². The fourth-order valence-corrected chi connectivity index (χ4v) is 1.71. The highest BCUT2D eigenvalue weighted by Crippen LogP contribution is 2.26. The van der Waals surface area contributed by atoms with Crippen LogP contribution in [0, 0.1) is 20.8 Å². The SMILES string of the molecule is [CH2]CCCCCc1ccc(C)c(C)c1[O]. The fraction of sp³-hybridized carbons (Fsp3) is 0.500. The molecule has 1 nitrogen and oxygen atoms in total. The summed E-state index contributed by atoms with van der Waals surface area (Å²) in [6.07, 6.45) is 5.36. The predicted octanol–water partition coefficient (Wildman–Crippen LogP) is 4.38. The lowest BCUT2D eigenvalue weighted by atomic mass is 10.00. The Hall–Kier alpha value is -0.980. The van der Waals surface area contributed by atoms with Gasteiger partial charge >= 0.3 is 0 Å². The number of hydrogen-bond donors (Lipinski definition) is 0. The predicted molar refractivity (Wildman–Crippen MR) is 63.6 cm³/mol. The highest BCUT2D eigenvalue weighted by atomic mass is 16.3. The second-order valence-electron chi connectivity index (χ2n) is 4.16. The summed E-state index contributed by atoms with van der Waals surface area (Å²) in [6.45, 7) is 7.71. The van der Waals surface area contributed by atoms with Crippen molar-refractivity contribution in [1.29, 1.82) is 0 Å². The Kier molecular flexibility index (Phi) is 4.67. The smallest absolute Gasteiger partial charge is 0.184 e. The molecule has 1 rings (SSSR count). The number of hydrogen-bond acceptors (Lipinski definition) is 0. The standard InChI is InChI=1S/C14H20O/c1-4-5-6-7-8-13-10-9-11(2)12(3)14(13)15/h9-10H,1,4-8H2,2-3H3. The van der Waals surface area contributed by atoms with E-state index in [1.165, 1.54) is 12.8 Å². The van der Waals surface area contributed by atoms with Crippen molar-refractivity contribution in [3.05, 3.63) is 35.7 Å². The molecule has 0 aliphatic rings. The van der Waals surface area contributed by atoms with E-state index in [0.717, 1.165) is 36.0 Å². The molecule has 0 aliphatic carbocycles. The number of benzene rings is 1. The van der Waals surface area contributed by atoms with Crippen molar-refractivity contribution < 1.29 is 5.11 Å². The molecule has 0 saturated heterocycles. The van der Waals surface area contributed by atoms with Gasteiger partial charge in [-0.2, -0.15) is 0 Å². The lowest BCUT2D eigenvalue weighted by Crippen LogP contribution is -1.90. The first-order valence-corrected chi connectivity index (χ1v) is 5.72. The first-order chi connectivity index (χ1) is 7.16. The molecule has 82 valence electrons. The maximum Gasteiger partial charge on any atom is 0.184 e. The largest absolute Gasteiger partial charge is 0.289 e. The molecule has 0 aromatic heterocycles. The van der Waals surface area contributed by atoms with Crippen molar-refractivity contribution in [2.45, 2.75) is 46.0 Å². The minimum atomic E-state index is 0.240. The third-order valence-electron chi connectivity index (χ3n) is 2.95. The first-order valence-electron chi connectivity index (χ1n) is 5.72. The highest BCUT2D eigenvalue weighted by molar-refractivity contribution is 5.43. The topological polar surface area (TPSA) is 19.9 Å². The van der Waals surface area contributed by atoms with Gasteiger partial charge < -0.3 is 0 Å². The van der Waals surface area contributed by atoms with E-state index in [1.807, 2.05) is 26.0 Å². The number of aryl methyl sites for hydroxylation is 2. The summed E-state index contributed by atoms with van der Waals surface area (Å²) >= 11 is 0. The quantitative estimate of drug-likeness (QED) is 0.634. The summed E-state index contributed by atoms with van der Waals surface area (Å²) in [5, 5.41) is 11.8. The van der Waals surface area contributed by atoms with Crippen molar-refractivity contribution in [1.82, 2.24) is 0 Å². The summed E-state index contributed by atoms with van der Waals surface area (Å²) in [7, 11) is 0. The molecule has 0 fully saturated rings. The third kappa shape index (κ3) is 3.26. The van der Waals surface area contributed by atoms with Gasteiger partial charge in [0.15, 0.2) is 5.75 Å². The van der Waals surface area contributed by atoms with Crippen LogP contribution in [0.1, 0.15) is 42.4 Å². The van der Waals surface area contributed by atoms with E-state index in [9.17, 15) is 5.11 Å². The summed E-state index contributed by atoms with van der Waals surface area (Å²) in [4.78, 5) is 0. The van der Waals surface area contributed by atoms with Crippen molar-refractivity contribution in [3.63, 3.8) is 0 Å². The highest BCUT2D eigenvalue weighted by Gasteiger charge is 2.07. The van der Waals surface area contributed by atoms with Crippen molar-refractivity contribution >= 4 is 0 Å². The average Bonchev–Trinajstić information content (AvgIpc) is 2.24. The summed E-state index contributed by atoms with van der Waals surface area (Å²) in [5.41, 5.74) is 2.98. The van der Waals surface area contributed by atoms with Crippen molar-refractivity contribution in [2.24, 2.45) is 0 Å². The van der Waals surface area contributed by atoms with E-state index in [0.29, 0.717) is 0 Å². The van der Waals surface area contributed by atoms with Gasteiger partial charge in [-0.1, -0.05) is 38.3 Å². The molecule has 0 N–H and O–H groups in total. The van der Waals surface area contributed by atoms with Crippen LogP contribution >= 0.6 is 0 Å². The number of rotatable bonds is 5. The van der Waals surface area contributed by atoms with E-state index in [-0.39, 0.29) is 5.75 Å². The molecule has 0 bridgehead atoms. The van der Waals surface area contributed by atoms with Gasteiger partial charge in [0.25, 0.3) is 0 Å². The lowest BCUT2D eigenvalue weighted by molar-refractivity contribution is 0.345. The van der Waals surface area contributed by atoms with Gasteiger partial charge in [-0.15, -0.1) is 0 Å². The van der Waals surface area contributed by atoms with Crippen LogP contribution in [0.25, 0.3) is 0 Å².